The lowest BCUT2D eigenvalue weighted by molar-refractivity contribution is 0.0908. The van der Waals surface area contributed by atoms with Gasteiger partial charge in [0, 0.05) is 29.0 Å². The number of benzene rings is 1. The first-order valence-electron chi connectivity index (χ1n) is 6.76. The van der Waals surface area contributed by atoms with Gasteiger partial charge in [-0.05, 0) is 19.9 Å². The quantitative estimate of drug-likeness (QED) is 0.736. The van der Waals surface area contributed by atoms with Crippen LogP contribution in [-0.4, -0.2) is 26.1 Å². The van der Waals surface area contributed by atoms with E-state index in [2.05, 4.69) is 4.98 Å². The molecule has 3 rings (SSSR count). The van der Waals surface area contributed by atoms with Gasteiger partial charge >= 0.3 is 0 Å². The Morgan fingerprint density at radius 2 is 2.00 bits per heavy atom. The summed E-state index contributed by atoms with van der Waals surface area (Å²) in [6.07, 6.45) is 0.906. The van der Waals surface area contributed by atoms with Crippen LogP contribution in [0.5, 0.6) is 17.2 Å². The number of aromatic hydroxyl groups is 3. The lowest BCUT2D eigenvalue weighted by Crippen LogP contribution is -2.03. The molecule has 1 aliphatic rings. The number of nitrogens with zero attached hydrogens (tertiary/aromatic N) is 1. The summed E-state index contributed by atoms with van der Waals surface area (Å²) < 4.78 is 5.65. The molecule has 0 amide bonds. The summed E-state index contributed by atoms with van der Waals surface area (Å²) in [4.78, 5) is 15.6. The molecule has 1 aliphatic heterocycles. The molecule has 22 heavy (non-hydrogen) atoms. The van der Waals surface area contributed by atoms with E-state index < -0.39 is 6.10 Å². The predicted molar refractivity (Wildman–Crippen MR) is 77.0 cm³/mol. The van der Waals surface area contributed by atoms with Crippen LogP contribution >= 0.6 is 0 Å². The number of ether oxygens (including phenoxy) is 1. The SMILES string of the molecule is CC(=O)c1cc([C@@H]2OCc3cnc(C)c(O)c32)c(O)cc1O. The van der Waals surface area contributed by atoms with Gasteiger partial charge in [-0.1, -0.05) is 0 Å². The molecule has 6 heteroatoms. The Bertz CT molecular complexity index is 785. The Morgan fingerprint density at radius 3 is 2.68 bits per heavy atom. The van der Waals surface area contributed by atoms with Crippen molar-refractivity contribution in [3.05, 3.63) is 46.3 Å². The maximum absolute atomic E-state index is 11.6. The van der Waals surface area contributed by atoms with Gasteiger partial charge in [-0.2, -0.15) is 0 Å². The third-order valence-electron chi connectivity index (χ3n) is 3.83. The van der Waals surface area contributed by atoms with Crippen LogP contribution in [-0.2, 0) is 11.3 Å². The molecule has 0 fully saturated rings. The van der Waals surface area contributed by atoms with Gasteiger partial charge in [0.1, 0.15) is 23.4 Å². The van der Waals surface area contributed by atoms with Gasteiger partial charge in [0.05, 0.1) is 17.9 Å². The molecule has 1 aromatic heterocycles. The number of hydrogen-bond acceptors (Lipinski definition) is 6. The molecule has 0 saturated heterocycles. The van der Waals surface area contributed by atoms with Crippen molar-refractivity contribution in [3.63, 3.8) is 0 Å². The Morgan fingerprint density at radius 1 is 1.27 bits per heavy atom. The summed E-state index contributed by atoms with van der Waals surface area (Å²) in [5.74, 6) is -0.805. The Hall–Kier alpha value is -2.60. The second-order valence-corrected chi connectivity index (χ2v) is 5.31. The molecule has 0 radical (unpaired) electrons. The fourth-order valence-electron chi connectivity index (χ4n) is 2.65. The van der Waals surface area contributed by atoms with E-state index in [-0.39, 0.29) is 35.2 Å². The van der Waals surface area contributed by atoms with Crippen molar-refractivity contribution in [3.8, 4) is 17.2 Å². The number of ketones is 1. The first-order valence-corrected chi connectivity index (χ1v) is 6.76. The van der Waals surface area contributed by atoms with Gasteiger partial charge in [-0.15, -0.1) is 0 Å². The molecule has 0 unspecified atom stereocenters. The van der Waals surface area contributed by atoms with Crippen LogP contribution in [0.3, 0.4) is 0 Å². The summed E-state index contributed by atoms with van der Waals surface area (Å²) in [7, 11) is 0. The van der Waals surface area contributed by atoms with Crippen molar-refractivity contribution < 1.29 is 24.9 Å². The number of carbonyl (C=O) groups excluding carboxylic acids is 1. The molecule has 1 aromatic carbocycles. The van der Waals surface area contributed by atoms with Gasteiger partial charge in [0.25, 0.3) is 0 Å². The molecule has 114 valence electrons. The average Bonchev–Trinajstić information content (AvgIpc) is 2.87. The fraction of sp³-hybridized carbons (Fsp3) is 0.250. The first kappa shape index (κ1) is 14.3. The molecule has 0 saturated carbocycles. The number of fused-ring (bicyclic) bond motifs is 1. The van der Waals surface area contributed by atoms with Crippen LogP contribution < -0.4 is 0 Å². The van der Waals surface area contributed by atoms with Crippen molar-refractivity contribution in [2.45, 2.75) is 26.6 Å². The number of rotatable bonds is 2. The van der Waals surface area contributed by atoms with Gasteiger partial charge in [-0.25, -0.2) is 0 Å². The zero-order valence-corrected chi connectivity index (χ0v) is 12.1. The highest BCUT2D eigenvalue weighted by atomic mass is 16.5. The number of hydrogen-bond donors (Lipinski definition) is 3. The van der Waals surface area contributed by atoms with Crippen LogP contribution in [0.15, 0.2) is 18.3 Å². The van der Waals surface area contributed by atoms with Gasteiger partial charge in [-0.3, -0.25) is 9.78 Å². The zero-order chi connectivity index (χ0) is 16.0. The normalized spacial score (nSPS) is 16.5. The number of aromatic nitrogens is 1. The summed E-state index contributed by atoms with van der Waals surface area (Å²) in [6, 6.07) is 2.50. The van der Waals surface area contributed by atoms with Crippen LogP contribution in [0.4, 0.5) is 0 Å². The molecule has 0 aliphatic carbocycles. The molecular formula is C16H15NO5. The monoisotopic (exact) mass is 301 g/mol. The predicted octanol–water partition coefficient (Wildman–Crippen LogP) is 2.33. The van der Waals surface area contributed by atoms with Gasteiger partial charge in [0.15, 0.2) is 5.78 Å². The molecular weight excluding hydrogens is 286 g/mol. The number of pyridine rings is 1. The van der Waals surface area contributed by atoms with Crippen LogP contribution in [0, 0.1) is 6.92 Å². The van der Waals surface area contributed by atoms with E-state index in [1.54, 1.807) is 13.1 Å². The summed E-state index contributed by atoms with van der Waals surface area (Å²) >= 11 is 0. The minimum Gasteiger partial charge on any atom is -0.507 e. The minimum atomic E-state index is -0.713. The van der Waals surface area contributed by atoms with Crippen molar-refractivity contribution in [1.82, 2.24) is 4.98 Å². The third kappa shape index (κ3) is 2.08. The maximum Gasteiger partial charge on any atom is 0.163 e. The molecule has 0 spiro atoms. The van der Waals surface area contributed by atoms with Crippen molar-refractivity contribution in [2.75, 3.05) is 0 Å². The Kier molecular flexibility index (Phi) is 3.26. The van der Waals surface area contributed by atoms with E-state index in [0.29, 0.717) is 16.8 Å². The van der Waals surface area contributed by atoms with E-state index in [4.69, 9.17) is 4.74 Å². The summed E-state index contributed by atoms with van der Waals surface area (Å²) in [6.45, 7) is 3.24. The molecule has 2 heterocycles. The second-order valence-electron chi connectivity index (χ2n) is 5.31. The minimum absolute atomic E-state index is 0.0110. The number of aryl methyl sites for hydroxylation is 1. The van der Waals surface area contributed by atoms with Crippen molar-refractivity contribution in [1.29, 1.82) is 0 Å². The Labute approximate surface area is 126 Å². The topological polar surface area (TPSA) is 99.9 Å². The van der Waals surface area contributed by atoms with Gasteiger partial charge in [0.2, 0.25) is 0 Å². The van der Waals surface area contributed by atoms with Crippen LogP contribution in [0.1, 0.15) is 45.8 Å². The van der Waals surface area contributed by atoms with E-state index in [1.165, 1.54) is 13.0 Å². The van der Waals surface area contributed by atoms with E-state index in [1.807, 2.05) is 0 Å². The van der Waals surface area contributed by atoms with E-state index in [0.717, 1.165) is 11.6 Å². The molecule has 0 bridgehead atoms. The Balaban J connectivity index is 2.18. The smallest absolute Gasteiger partial charge is 0.163 e. The lowest BCUT2D eigenvalue weighted by atomic mass is 9.95. The number of carbonyl (C=O) groups is 1. The van der Waals surface area contributed by atoms with Crippen LogP contribution in [0.25, 0.3) is 0 Å². The van der Waals surface area contributed by atoms with Crippen molar-refractivity contribution >= 4 is 5.78 Å². The van der Waals surface area contributed by atoms with E-state index in [9.17, 15) is 20.1 Å². The first-order chi connectivity index (χ1) is 10.4. The zero-order valence-electron chi connectivity index (χ0n) is 12.1. The molecule has 2 aromatic rings. The number of phenols is 2. The standard InChI is InChI=1S/C16H15NO5/c1-7-15(21)14-9(5-17-7)6-22-16(14)11-3-10(8(2)18)12(19)4-13(11)20/h3-5,16,19-21H,6H2,1-2H3/t16-/m0/s1. The third-order valence-corrected chi connectivity index (χ3v) is 3.83. The van der Waals surface area contributed by atoms with E-state index >= 15 is 0 Å². The fourth-order valence-corrected chi connectivity index (χ4v) is 2.65. The average molecular weight is 301 g/mol. The highest BCUT2D eigenvalue weighted by Crippen LogP contribution is 2.45. The summed E-state index contributed by atoms with van der Waals surface area (Å²) in [5.41, 5.74) is 2.13. The molecule has 1 atom stereocenters. The summed E-state index contributed by atoms with van der Waals surface area (Å²) in [5, 5.41) is 30.1. The van der Waals surface area contributed by atoms with Gasteiger partial charge < -0.3 is 20.1 Å². The maximum atomic E-state index is 11.6. The van der Waals surface area contributed by atoms with Crippen molar-refractivity contribution in [2.24, 2.45) is 0 Å². The van der Waals surface area contributed by atoms with Crippen LogP contribution in [0.2, 0.25) is 0 Å². The number of phenolic OH excluding ortho intramolecular Hbond substituents is 2. The second kappa shape index (κ2) is 4.99. The molecule has 6 nitrogen and oxygen atoms in total. The molecule has 3 N–H and O–H groups in total. The highest BCUT2D eigenvalue weighted by Gasteiger charge is 2.32. The lowest BCUT2D eigenvalue weighted by Gasteiger charge is -2.16. The largest absolute Gasteiger partial charge is 0.507 e. The highest BCUT2D eigenvalue weighted by molar-refractivity contribution is 5.97. The number of Topliss-reactive ketones (excluding diaryl/α,β-unsaturated/α-hetero) is 1.